The molecule has 8 heteroatoms. The van der Waals surface area contributed by atoms with Crippen molar-refractivity contribution in [1.82, 2.24) is 5.32 Å². The number of aliphatic hydroxyl groups is 3. The molecule has 2 aromatic carbocycles. The molecule has 0 aromatic heterocycles. The molecule has 0 aliphatic carbocycles. The molecule has 1 amide bonds. The molecule has 31 heavy (non-hydrogen) atoms. The van der Waals surface area contributed by atoms with Crippen LogP contribution in [-0.4, -0.2) is 64.3 Å². The number of amides is 1. The van der Waals surface area contributed by atoms with Crippen molar-refractivity contribution in [2.75, 3.05) is 6.61 Å². The van der Waals surface area contributed by atoms with Gasteiger partial charge in [0, 0.05) is 12.5 Å². The molecule has 3 rings (SSSR count). The molecule has 1 aliphatic heterocycles. The predicted octanol–water partition coefficient (Wildman–Crippen LogP) is 0.905. The van der Waals surface area contributed by atoms with Gasteiger partial charge in [-0.2, -0.15) is 0 Å². The number of hydrogen-bond donors (Lipinski definition) is 4. The van der Waals surface area contributed by atoms with Gasteiger partial charge in [-0.05, 0) is 35.9 Å². The van der Waals surface area contributed by atoms with Gasteiger partial charge >= 0.3 is 0 Å². The van der Waals surface area contributed by atoms with E-state index in [1.807, 2.05) is 30.3 Å². The SMILES string of the molecule is CC(=O)N[C@@H]1[C@H](Oc2ccc(C(=O)C=Cc3ccccc3)cc2)O[C@H](CO)[C@@H](O)[C@@H]1O. The molecule has 0 bridgehead atoms. The molecule has 4 N–H and O–H groups in total. The Morgan fingerprint density at radius 1 is 1.06 bits per heavy atom. The number of rotatable bonds is 7. The van der Waals surface area contributed by atoms with E-state index < -0.39 is 43.2 Å². The van der Waals surface area contributed by atoms with Crippen LogP contribution in [0.25, 0.3) is 6.08 Å². The summed E-state index contributed by atoms with van der Waals surface area (Å²) < 4.78 is 11.3. The van der Waals surface area contributed by atoms with Crippen molar-refractivity contribution in [3.63, 3.8) is 0 Å². The first kappa shape index (κ1) is 22.6. The fourth-order valence-electron chi connectivity index (χ4n) is 3.24. The Morgan fingerprint density at radius 3 is 2.35 bits per heavy atom. The molecule has 0 unspecified atom stereocenters. The number of ether oxygens (including phenoxy) is 2. The molecule has 1 saturated heterocycles. The van der Waals surface area contributed by atoms with Gasteiger partial charge in [-0.15, -0.1) is 0 Å². The van der Waals surface area contributed by atoms with Crippen LogP contribution in [0.1, 0.15) is 22.8 Å². The second-order valence-corrected chi connectivity index (χ2v) is 7.18. The van der Waals surface area contributed by atoms with Crippen LogP contribution in [0.4, 0.5) is 0 Å². The number of ketones is 1. The highest BCUT2D eigenvalue weighted by Gasteiger charge is 2.46. The maximum Gasteiger partial charge on any atom is 0.223 e. The third-order valence-electron chi connectivity index (χ3n) is 4.87. The molecule has 0 saturated carbocycles. The average Bonchev–Trinajstić information content (AvgIpc) is 2.78. The highest BCUT2D eigenvalue weighted by atomic mass is 16.7. The minimum atomic E-state index is -1.40. The Bertz CT molecular complexity index is 913. The van der Waals surface area contributed by atoms with Crippen LogP contribution < -0.4 is 10.1 Å². The first-order valence-corrected chi connectivity index (χ1v) is 9.83. The van der Waals surface area contributed by atoms with Crippen LogP contribution in [0.5, 0.6) is 5.75 Å². The van der Waals surface area contributed by atoms with Crippen molar-refractivity contribution in [1.29, 1.82) is 0 Å². The lowest BCUT2D eigenvalue weighted by Gasteiger charge is -2.42. The van der Waals surface area contributed by atoms with Gasteiger partial charge in [-0.1, -0.05) is 36.4 Å². The smallest absolute Gasteiger partial charge is 0.223 e. The Balaban J connectivity index is 1.70. The third-order valence-corrected chi connectivity index (χ3v) is 4.87. The third kappa shape index (κ3) is 5.77. The summed E-state index contributed by atoms with van der Waals surface area (Å²) in [5.74, 6) is -0.300. The number of aliphatic hydroxyl groups excluding tert-OH is 3. The van der Waals surface area contributed by atoms with E-state index in [1.54, 1.807) is 30.3 Å². The lowest BCUT2D eigenvalue weighted by Crippen LogP contribution is -2.65. The van der Waals surface area contributed by atoms with E-state index in [2.05, 4.69) is 5.32 Å². The van der Waals surface area contributed by atoms with Crippen LogP contribution in [0.15, 0.2) is 60.7 Å². The Labute approximate surface area is 179 Å². The quantitative estimate of drug-likeness (QED) is 0.382. The summed E-state index contributed by atoms with van der Waals surface area (Å²) in [6.07, 6.45) is -1.82. The van der Waals surface area contributed by atoms with Crippen molar-refractivity contribution in [3.8, 4) is 5.75 Å². The lowest BCUT2D eigenvalue weighted by atomic mass is 9.97. The minimum Gasteiger partial charge on any atom is -0.463 e. The zero-order valence-electron chi connectivity index (χ0n) is 16.9. The van der Waals surface area contributed by atoms with Crippen molar-refractivity contribution >= 4 is 17.8 Å². The van der Waals surface area contributed by atoms with Gasteiger partial charge in [0.1, 0.15) is 30.1 Å². The molecule has 0 radical (unpaired) electrons. The second kappa shape index (κ2) is 10.3. The number of carbonyl (C=O) groups is 2. The van der Waals surface area contributed by atoms with E-state index in [0.717, 1.165) is 5.56 Å². The summed E-state index contributed by atoms with van der Waals surface area (Å²) in [5.41, 5.74) is 1.36. The van der Waals surface area contributed by atoms with Gasteiger partial charge in [0.25, 0.3) is 0 Å². The summed E-state index contributed by atoms with van der Waals surface area (Å²) >= 11 is 0. The molecule has 8 nitrogen and oxygen atoms in total. The molecule has 5 atom stereocenters. The van der Waals surface area contributed by atoms with Gasteiger partial charge in [-0.25, -0.2) is 0 Å². The standard InChI is InChI=1S/C23H25NO7/c1-14(26)24-20-22(29)21(28)19(13-25)31-23(20)30-17-10-8-16(9-11-17)18(27)12-7-15-5-3-2-4-6-15/h2-12,19-23,25,28-29H,13H2,1H3,(H,24,26)/t19-,20+,21-,22-,23-/m1/s1. The first-order chi connectivity index (χ1) is 14.9. The van der Waals surface area contributed by atoms with Crippen molar-refractivity contribution in [3.05, 3.63) is 71.8 Å². The Kier molecular flexibility index (Phi) is 7.54. The highest BCUT2D eigenvalue weighted by Crippen LogP contribution is 2.25. The van der Waals surface area contributed by atoms with Gasteiger partial charge in [0.05, 0.1) is 6.61 Å². The van der Waals surface area contributed by atoms with Crippen LogP contribution >= 0.6 is 0 Å². The maximum atomic E-state index is 12.4. The minimum absolute atomic E-state index is 0.181. The van der Waals surface area contributed by atoms with Crippen LogP contribution in [0.2, 0.25) is 0 Å². The molecule has 0 spiro atoms. The van der Waals surface area contributed by atoms with Gasteiger partial charge in [-0.3, -0.25) is 9.59 Å². The van der Waals surface area contributed by atoms with Crippen LogP contribution in [-0.2, 0) is 9.53 Å². The summed E-state index contributed by atoms with van der Waals surface area (Å²) in [4.78, 5) is 23.9. The zero-order valence-corrected chi connectivity index (χ0v) is 16.9. The van der Waals surface area contributed by atoms with E-state index in [1.165, 1.54) is 13.0 Å². The summed E-state index contributed by atoms with van der Waals surface area (Å²) in [5, 5.41) is 32.2. The molecular weight excluding hydrogens is 402 g/mol. The summed E-state index contributed by atoms with van der Waals surface area (Å²) in [7, 11) is 0. The molecule has 1 heterocycles. The predicted molar refractivity (Wildman–Crippen MR) is 112 cm³/mol. The number of allylic oxidation sites excluding steroid dienone is 1. The van der Waals surface area contributed by atoms with Gasteiger partial charge in [0.15, 0.2) is 5.78 Å². The van der Waals surface area contributed by atoms with Crippen LogP contribution in [0.3, 0.4) is 0 Å². The van der Waals surface area contributed by atoms with E-state index in [9.17, 15) is 24.9 Å². The zero-order chi connectivity index (χ0) is 22.4. The molecule has 164 valence electrons. The average molecular weight is 427 g/mol. The van der Waals surface area contributed by atoms with Gasteiger partial charge < -0.3 is 30.1 Å². The van der Waals surface area contributed by atoms with Crippen molar-refractivity contribution in [2.24, 2.45) is 0 Å². The maximum absolute atomic E-state index is 12.4. The van der Waals surface area contributed by atoms with E-state index in [4.69, 9.17) is 9.47 Å². The van der Waals surface area contributed by atoms with E-state index >= 15 is 0 Å². The fourth-order valence-corrected chi connectivity index (χ4v) is 3.24. The molecular formula is C23H25NO7. The Morgan fingerprint density at radius 2 is 1.74 bits per heavy atom. The highest BCUT2D eigenvalue weighted by molar-refractivity contribution is 6.06. The molecule has 1 fully saturated rings. The number of carbonyl (C=O) groups excluding carboxylic acids is 2. The first-order valence-electron chi connectivity index (χ1n) is 9.83. The number of nitrogens with one attached hydrogen (secondary N) is 1. The van der Waals surface area contributed by atoms with Crippen LogP contribution in [0, 0.1) is 0 Å². The Hall–Kier alpha value is -3.04. The van der Waals surface area contributed by atoms with Gasteiger partial charge in [0.2, 0.25) is 12.2 Å². The molecule has 1 aliphatic rings. The fraction of sp³-hybridized carbons (Fsp3) is 0.304. The van der Waals surface area contributed by atoms with E-state index in [-0.39, 0.29) is 5.78 Å². The van der Waals surface area contributed by atoms with Crippen molar-refractivity contribution in [2.45, 2.75) is 37.6 Å². The number of benzene rings is 2. The summed E-state index contributed by atoms with van der Waals surface area (Å²) in [6.45, 7) is 0.726. The van der Waals surface area contributed by atoms with Crippen molar-refractivity contribution < 1.29 is 34.4 Å². The monoisotopic (exact) mass is 427 g/mol. The normalized spacial score (nSPS) is 25.9. The largest absolute Gasteiger partial charge is 0.463 e. The second-order valence-electron chi connectivity index (χ2n) is 7.18. The topological polar surface area (TPSA) is 125 Å². The lowest BCUT2D eigenvalue weighted by molar-refractivity contribution is -0.244. The number of hydrogen-bond acceptors (Lipinski definition) is 7. The van der Waals surface area contributed by atoms with E-state index in [0.29, 0.717) is 11.3 Å². The molecule has 2 aromatic rings. The summed E-state index contributed by atoms with van der Waals surface area (Å²) in [6, 6.07) is 14.7.